The molecule has 0 atom stereocenters. The topological polar surface area (TPSA) is 38.1 Å². The van der Waals surface area contributed by atoms with Gasteiger partial charge in [-0.25, -0.2) is 14.4 Å². The van der Waals surface area contributed by atoms with Crippen LogP contribution in [0.15, 0.2) is 53.9 Å². The first-order valence-corrected chi connectivity index (χ1v) is 7.99. The molecule has 0 N–H and O–H groups in total. The minimum absolute atomic E-state index is 0.342. The molecule has 0 saturated heterocycles. The zero-order valence-corrected chi connectivity index (χ0v) is 13.8. The van der Waals surface area contributed by atoms with E-state index in [2.05, 4.69) is 15.0 Å². The Morgan fingerprint density at radius 1 is 0.958 bits per heavy atom. The van der Waals surface area contributed by atoms with Crippen LogP contribution in [0.4, 0.5) is 4.39 Å². The normalized spacial score (nSPS) is 12.9. The van der Waals surface area contributed by atoms with Crippen LogP contribution in [-0.4, -0.2) is 15.7 Å². The number of aromatic nitrogens is 2. The van der Waals surface area contributed by atoms with Gasteiger partial charge in [-0.3, -0.25) is 4.99 Å². The number of rotatable bonds is 1. The lowest BCUT2D eigenvalue weighted by Crippen LogP contribution is -2.07. The molecule has 0 amide bonds. The molecule has 0 aliphatic carbocycles. The second kappa shape index (κ2) is 5.96. The van der Waals surface area contributed by atoms with Crippen LogP contribution in [0.5, 0.6) is 0 Å². The maximum atomic E-state index is 14.3. The molecule has 0 saturated carbocycles. The van der Waals surface area contributed by atoms with E-state index >= 15 is 0 Å². The molecule has 1 aliphatic rings. The highest BCUT2D eigenvalue weighted by atomic mass is 35.5. The highest BCUT2D eigenvalue weighted by molar-refractivity contribution is 6.42. The molecule has 0 spiro atoms. The van der Waals surface area contributed by atoms with Crippen molar-refractivity contribution in [2.45, 2.75) is 6.54 Å². The van der Waals surface area contributed by atoms with E-state index in [1.54, 1.807) is 36.5 Å². The van der Waals surface area contributed by atoms with Gasteiger partial charge in [0.1, 0.15) is 12.1 Å². The van der Waals surface area contributed by atoms with E-state index in [-0.39, 0.29) is 5.82 Å². The first kappa shape index (κ1) is 15.2. The molecule has 1 aliphatic heterocycles. The van der Waals surface area contributed by atoms with Gasteiger partial charge in [0.15, 0.2) is 0 Å². The summed E-state index contributed by atoms with van der Waals surface area (Å²) in [5.41, 5.74) is 3.99. The molecule has 0 bridgehead atoms. The number of halogens is 3. The number of fused-ring (bicyclic) bond motifs is 3. The van der Waals surface area contributed by atoms with Gasteiger partial charge >= 0.3 is 0 Å². The summed E-state index contributed by atoms with van der Waals surface area (Å²) in [7, 11) is 0. The molecule has 4 rings (SSSR count). The average molecular weight is 358 g/mol. The fraction of sp³-hybridized carbons (Fsp3) is 0.0556. The van der Waals surface area contributed by atoms with Gasteiger partial charge in [-0.1, -0.05) is 35.3 Å². The second-order valence-electron chi connectivity index (χ2n) is 5.35. The van der Waals surface area contributed by atoms with Gasteiger partial charge in [0, 0.05) is 28.5 Å². The lowest BCUT2D eigenvalue weighted by Gasteiger charge is -2.12. The Labute approximate surface area is 147 Å². The van der Waals surface area contributed by atoms with Gasteiger partial charge in [0.2, 0.25) is 0 Å². The van der Waals surface area contributed by atoms with E-state index in [1.807, 2.05) is 0 Å². The largest absolute Gasteiger partial charge is 0.279 e. The molecule has 3 nitrogen and oxygen atoms in total. The second-order valence-corrected chi connectivity index (χ2v) is 6.17. The predicted molar refractivity (Wildman–Crippen MR) is 93.2 cm³/mol. The van der Waals surface area contributed by atoms with Gasteiger partial charge < -0.3 is 0 Å². The minimum Gasteiger partial charge on any atom is -0.279 e. The number of hydrogen-bond acceptors (Lipinski definition) is 3. The maximum Gasteiger partial charge on any atom is 0.132 e. The van der Waals surface area contributed by atoms with Crippen LogP contribution in [0.2, 0.25) is 10.0 Å². The quantitative estimate of drug-likeness (QED) is 0.618. The van der Waals surface area contributed by atoms with Gasteiger partial charge in [-0.05, 0) is 24.3 Å². The van der Waals surface area contributed by atoms with Crippen LogP contribution in [-0.2, 0) is 6.54 Å². The zero-order valence-electron chi connectivity index (χ0n) is 12.3. The fourth-order valence-electron chi connectivity index (χ4n) is 2.79. The Kier molecular flexibility index (Phi) is 3.79. The summed E-state index contributed by atoms with van der Waals surface area (Å²) in [6.07, 6.45) is 3.18. The van der Waals surface area contributed by atoms with Crippen molar-refractivity contribution in [2.75, 3.05) is 0 Å². The Morgan fingerprint density at radius 3 is 2.50 bits per heavy atom. The molecular weight excluding hydrogens is 348 g/mol. The molecule has 0 radical (unpaired) electrons. The van der Waals surface area contributed by atoms with Crippen molar-refractivity contribution in [1.29, 1.82) is 0 Å². The van der Waals surface area contributed by atoms with E-state index in [1.165, 1.54) is 12.4 Å². The fourth-order valence-corrected chi connectivity index (χ4v) is 3.12. The Balaban J connectivity index is 2.05. The van der Waals surface area contributed by atoms with Crippen molar-refractivity contribution in [2.24, 2.45) is 4.99 Å². The maximum absolute atomic E-state index is 14.3. The van der Waals surface area contributed by atoms with Crippen LogP contribution < -0.4 is 0 Å². The third-order valence-electron chi connectivity index (χ3n) is 3.90. The summed E-state index contributed by atoms with van der Waals surface area (Å²) < 4.78 is 14.3. The predicted octanol–water partition coefficient (Wildman–Crippen LogP) is 4.94. The summed E-state index contributed by atoms with van der Waals surface area (Å²) in [4.78, 5) is 13.0. The first-order valence-electron chi connectivity index (χ1n) is 7.23. The SMILES string of the molecule is Fc1ccccc1C1=NCc2cncnc2-c2cc(Cl)c(Cl)cc21. The number of benzene rings is 2. The molecule has 3 aromatic rings. The van der Waals surface area contributed by atoms with Gasteiger partial charge in [0.05, 0.1) is 28.0 Å². The number of nitrogens with zero attached hydrogens (tertiary/aromatic N) is 3. The Hall–Kier alpha value is -2.30. The molecule has 118 valence electrons. The lowest BCUT2D eigenvalue weighted by molar-refractivity contribution is 0.625. The summed E-state index contributed by atoms with van der Waals surface area (Å²) in [6.45, 7) is 0.351. The van der Waals surface area contributed by atoms with E-state index in [4.69, 9.17) is 23.2 Å². The standard InChI is InChI=1S/C18H10Cl2FN3/c19-14-5-12-13(6-15(14)20)18(11-3-1-2-4-16(11)21)23-8-10-7-22-9-24-17(10)12/h1-7,9H,8H2. The van der Waals surface area contributed by atoms with Crippen molar-refractivity contribution >= 4 is 28.9 Å². The van der Waals surface area contributed by atoms with E-state index in [0.717, 1.165) is 16.8 Å². The van der Waals surface area contributed by atoms with Crippen molar-refractivity contribution < 1.29 is 4.39 Å². The van der Waals surface area contributed by atoms with Gasteiger partial charge in [-0.15, -0.1) is 0 Å². The van der Waals surface area contributed by atoms with Crippen LogP contribution in [0.3, 0.4) is 0 Å². The number of hydrogen-bond donors (Lipinski definition) is 0. The molecule has 6 heteroatoms. The van der Waals surface area contributed by atoms with E-state index in [9.17, 15) is 4.39 Å². The average Bonchev–Trinajstić information content (AvgIpc) is 2.74. The Bertz CT molecular complexity index is 986. The third-order valence-corrected chi connectivity index (χ3v) is 4.62. The molecule has 24 heavy (non-hydrogen) atoms. The smallest absolute Gasteiger partial charge is 0.132 e. The highest BCUT2D eigenvalue weighted by Gasteiger charge is 2.23. The number of aliphatic imine (C=N–C) groups is 1. The zero-order chi connectivity index (χ0) is 16.7. The van der Waals surface area contributed by atoms with Gasteiger partial charge in [-0.2, -0.15) is 0 Å². The molecule has 2 heterocycles. The molecule has 2 aromatic carbocycles. The van der Waals surface area contributed by atoms with Crippen molar-refractivity contribution in [3.8, 4) is 11.3 Å². The van der Waals surface area contributed by atoms with Crippen molar-refractivity contribution in [3.05, 3.63) is 81.5 Å². The van der Waals surface area contributed by atoms with Crippen LogP contribution in [0.1, 0.15) is 16.7 Å². The van der Waals surface area contributed by atoms with Crippen LogP contribution >= 0.6 is 23.2 Å². The van der Waals surface area contributed by atoms with E-state index < -0.39 is 0 Å². The monoisotopic (exact) mass is 357 g/mol. The van der Waals surface area contributed by atoms with Crippen LogP contribution in [0.25, 0.3) is 11.3 Å². The van der Waals surface area contributed by atoms with E-state index in [0.29, 0.717) is 33.4 Å². The summed E-state index contributed by atoms with van der Waals surface area (Å²) in [6, 6.07) is 9.98. The van der Waals surface area contributed by atoms with Crippen LogP contribution in [0, 0.1) is 5.82 Å². The highest BCUT2D eigenvalue weighted by Crippen LogP contribution is 2.36. The molecule has 0 unspecified atom stereocenters. The van der Waals surface area contributed by atoms with Crippen molar-refractivity contribution in [3.63, 3.8) is 0 Å². The first-order chi connectivity index (χ1) is 11.6. The summed E-state index contributed by atoms with van der Waals surface area (Å²) >= 11 is 12.4. The molecule has 0 fully saturated rings. The Morgan fingerprint density at radius 2 is 1.71 bits per heavy atom. The summed E-state index contributed by atoms with van der Waals surface area (Å²) in [5.74, 6) is -0.342. The summed E-state index contributed by atoms with van der Waals surface area (Å²) in [5, 5.41) is 0.798. The molecule has 1 aromatic heterocycles. The molecular formula is C18H10Cl2FN3. The lowest BCUT2D eigenvalue weighted by atomic mass is 9.95. The van der Waals surface area contributed by atoms with Crippen molar-refractivity contribution in [1.82, 2.24) is 9.97 Å². The van der Waals surface area contributed by atoms with Gasteiger partial charge in [0.25, 0.3) is 0 Å². The minimum atomic E-state index is -0.342. The third kappa shape index (κ3) is 2.48.